The van der Waals surface area contributed by atoms with Crippen molar-refractivity contribution in [2.75, 3.05) is 10.6 Å². The molecule has 0 saturated carbocycles. The lowest BCUT2D eigenvalue weighted by molar-refractivity contribution is 0.262. The van der Waals surface area contributed by atoms with Crippen molar-refractivity contribution in [2.45, 2.75) is 12.8 Å². The minimum absolute atomic E-state index is 0.424. The molecule has 2 heterocycles. The monoisotopic (exact) mass is 308 g/mol. The largest absolute Gasteiger partial charge is 0.327 e. The van der Waals surface area contributed by atoms with E-state index in [1.165, 1.54) is 22.7 Å². The molecular weight excluding hydrogens is 296 g/mol. The first-order valence-electron chi connectivity index (χ1n) is 5.66. The number of rotatable bonds is 6. The Kier molecular flexibility index (Phi) is 4.91. The fourth-order valence-electron chi connectivity index (χ4n) is 1.25. The van der Waals surface area contributed by atoms with Gasteiger partial charge in [0.05, 0.1) is 0 Å². The Hall–Kier alpha value is -2.13. The highest BCUT2D eigenvalue weighted by Gasteiger charge is 2.10. The molecule has 2 N–H and O–H groups in total. The Morgan fingerprint density at radius 1 is 0.950 bits per heavy atom. The fraction of sp³-hybridized carbons (Fsp3) is 0.182. The molecule has 0 radical (unpaired) electrons. The minimum Gasteiger partial charge on any atom is -0.282 e. The molecule has 0 unspecified atom stereocenters. The van der Waals surface area contributed by atoms with Crippen molar-refractivity contribution < 1.29 is 4.79 Å². The predicted octanol–water partition coefficient (Wildman–Crippen LogP) is 2.49. The number of nitrogens with zero attached hydrogens (tertiary/aromatic N) is 4. The fourth-order valence-corrected chi connectivity index (χ4v) is 2.71. The molecule has 20 heavy (non-hydrogen) atoms. The van der Waals surface area contributed by atoms with Crippen LogP contribution in [0, 0.1) is 0 Å². The number of carbonyl (C=O) groups excluding carboxylic acids is 1. The molecule has 0 fully saturated rings. The van der Waals surface area contributed by atoms with Crippen LogP contribution in [-0.2, 0) is 12.8 Å². The van der Waals surface area contributed by atoms with Gasteiger partial charge in [0.15, 0.2) is 0 Å². The van der Waals surface area contributed by atoms with Crippen LogP contribution in [0.2, 0.25) is 0 Å². The third-order valence-corrected chi connectivity index (χ3v) is 3.73. The molecule has 2 aromatic rings. The molecule has 0 saturated heterocycles. The lowest BCUT2D eigenvalue weighted by Crippen LogP contribution is -2.19. The molecule has 9 heteroatoms. The van der Waals surface area contributed by atoms with Crippen LogP contribution in [0.15, 0.2) is 25.3 Å². The Balaban J connectivity index is 1.90. The first kappa shape index (κ1) is 14.3. The number of hydrogen-bond acceptors (Lipinski definition) is 7. The average molecular weight is 308 g/mol. The first-order chi connectivity index (χ1) is 9.71. The lowest BCUT2D eigenvalue weighted by Gasteiger charge is -1.99. The summed E-state index contributed by atoms with van der Waals surface area (Å²) in [6.07, 6.45) is 4.71. The van der Waals surface area contributed by atoms with Crippen molar-refractivity contribution in [3.8, 4) is 0 Å². The summed E-state index contributed by atoms with van der Waals surface area (Å²) in [5, 5.41) is 23.1. The van der Waals surface area contributed by atoms with Crippen LogP contribution in [0.5, 0.6) is 0 Å². The van der Waals surface area contributed by atoms with E-state index >= 15 is 0 Å². The summed E-state index contributed by atoms with van der Waals surface area (Å²) in [4.78, 5) is 11.7. The number of nitrogens with one attached hydrogen (secondary N) is 2. The van der Waals surface area contributed by atoms with Crippen LogP contribution in [0.4, 0.5) is 15.1 Å². The van der Waals surface area contributed by atoms with Crippen LogP contribution in [-0.4, -0.2) is 26.4 Å². The van der Waals surface area contributed by atoms with E-state index in [1.54, 1.807) is 12.2 Å². The van der Waals surface area contributed by atoms with E-state index in [4.69, 9.17) is 0 Å². The van der Waals surface area contributed by atoms with E-state index in [1.807, 2.05) is 0 Å². The number of anilines is 2. The smallest absolute Gasteiger partial charge is 0.282 e. The van der Waals surface area contributed by atoms with Crippen molar-refractivity contribution in [1.29, 1.82) is 0 Å². The molecule has 2 aromatic heterocycles. The van der Waals surface area contributed by atoms with Gasteiger partial charge in [-0.3, -0.25) is 10.6 Å². The van der Waals surface area contributed by atoms with E-state index in [2.05, 4.69) is 44.2 Å². The second kappa shape index (κ2) is 6.87. The summed E-state index contributed by atoms with van der Waals surface area (Å²) in [5.41, 5.74) is 0. The predicted molar refractivity (Wildman–Crippen MR) is 80.3 cm³/mol. The minimum atomic E-state index is -0.424. The van der Waals surface area contributed by atoms with Gasteiger partial charge in [0.1, 0.15) is 10.0 Å². The van der Waals surface area contributed by atoms with E-state index < -0.39 is 6.03 Å². The Morgan fingerprint density at radius 3 is 1.80 bits per heavy atom. The average Bonchev–Trinajstić information content (AvgIpc) is 3.00. The van der Waals surface area contributed by atoms with Crippen LogP contribution in [0.3, 0.4) is 0 Å². The summed E-state index contributed by atoms with van der Waals surface area (Å²) >= 11 is 2.60. The molecule has 7 nitrogen and oxygen atoms in total. The van der Waals surface area contributed by atoms with Crippen molar-refractivity contribution in [2.24, 2.45) is 0 Å². The quantitative estimate of drug-likeness (QED) is 0.800. The van der Waals surface area contributed by atoms with Crippen LogP contribution in [0.1, 0.15) is 10.0 Å². The van der Waals surface area contributed by atoms with Crippen LogP contribution >= 0.6 is 22.7 Å². The molecular formula is C11H12N6OS2. The number of amides is 2. The molecule has 0 aliphatic heterocycles. The molecule has 0 atom stereocenters. The molecule has 0 bridgehead atoms. The summed E-state index contributed by atoms with van der Waals surface area (Å²) in [6, 6.07) is -0.424. The molecule has 0 aliphatic carbocycles. The zero-order valence-corrected chi connectivity index (χ0v) is 12.1. The number of urea groups is 1. The maximum atomic E-state index is 11.7. The van der Waals surface area contributed by atoms with E-state index in [0.717, 1.165) is 10.0 Å². The van der Waals surface area contributed by atoms with Gasteiger partial charge in [0.25, 0.3) is 0 Å². The summed E-state index contributed by atoms with van der Waals surface area (Å²) in [5.74, 6) is 0. The first-order valence-corrected chi connectivity index (χ1v) is 7.29. The third kappa shape index (κ3) is 3.93. The van der Waals surface area contributed by atoms with Gasteiger partial charge in [-0.05, 0) is 0 Å². The van der Waals surface area contributed by atoms with Crippen molar-refractivity contribution >= 4 is 39.0 Å². The van der Waals surface area contributed by atoms with Gasteiger partial charge in [0, 0.05) is 12.8 Å². The van der Waals surface area contributed by atoms with Crippen molar-refractivity contribution in [3.05, 3.63) is 35.3 Å². The summed E-state index contributed by atoms with van der Waals surface area (Å²) < 4.78 is 0. The van der Waals surface area contributed by atoms with Gasteiger partial charge in [-0.1, -0.05) is 34.8 Å². The maximum absolute atomic E-state index is 11.7. The number of aromatic nitrogens is 4. The summed E-state index contributed by atoms with van der Waals surface area (Å²) in [7, 11) is 0. The topological polar surface area (TPSA) is 92.7 Å². The van der Waals surface area contributed by atoms with Gasteiger partial charge < -0.3 is 0 Å². The van der Waals surface area contributed by atoms with Gasteiger partial charge in [-0.15, -0.1) is 33.6 Å². The highest BCUT2D eigenvalue weighted by atomic mass is 32.1. The van der Waals surface area contributed by atoms with Crippen molar-refractivity contribution in [1.82, 2.24) is 20.4 Å². The van der Waals surface area contributed by atoms with E-state index in [-0.39, 0.29) is 0 Å². The number of allylic oxidation sites excluding steroid dienone is 2. The van der Waals surface area contributed by atoms with Gasteiger partial charge >= 0.3 is 6.03 Å². The SMILES string of the molecule is C=CCc1nnc(NC(=O)Nc2nnc(CC=C)s2)s1. The maximum Gasteiger partial charge on any atom is 0.327 e. The second-order valence-electron chi connectivity index (χ2n) is 3.57. The normalized spacial score (nSPS) is 10.0. The number of carbonyl (C=O) groups is 1. The van der Waals surface area contributed by atoms with Crippen LogP contribution in [0.25, 0.3) is 0 Å². The zero-order chi connectivity index (χ0) is 14.4. The standard InChI is InChI=1S/C11H12N6OS2/c1-3-5-7-14-16-10(19-7)12-9(18)13-11-17-15-8(20-11)6-4-2/h3-4H,1-2,5-6H2,(H2,12,13,16,17,18). The van der Waals surface area contributed by atoms with Crippen molar-refractivity contribution in [3.63, 3.8) is 0 Å². The summed E-state index contributed by atoms with van der Waals surface area (Å²) in [6.45, 7) is 7.24. The molecule has 0 spiro atoms. The Morgan fingerprint density at radius 2 is 1.40 bits per heavy atom. The third-order valence-electron chi connectivity index (χ3n) is 2.01. The lowest BCUT2D eigenvalue weighted by atomic mass is 10.5. The highest BCUT2D eigenvalue weighted by Crippen LogP contribution is 2.18. The zero-order valence-electron chi connectivity index (χ0n) is 10.5. The molecule has 104 valence electrons. The van der Waals surface area contributed by atoms with Gasteiger partial charge in [-0.2, -0.15) is 0 Å². The van der Waals surface area contributed by atoms with E-state index in [0.29, 0.717) is 23.1 Å². The molecule has 2 rings (SSSR count). The molecule has 0 aromatic carbocycles. The van der Waals surface area contributed by atoms with Crippen LogP contribution < -0.4 is 10.6 Å². The second-order valence-corrected chi connectivity index (χ2v) is 5.69. The molecule has 0 aliphatic rings. The van der Waals surface area contributed by atoms with Gasteiger partial charge in [0.2, 0.25) is 10.3 Å². The Labute approximate surface area is 123 Å². The number of hydrogen-bond donors (Lipinski definition) is 2. The Bertz CT molecular complexity index is 568. The van der Waals surface area contributed by atoms with E-state index in [9.17, 15) is 4.79 Å². The van der Waals surface area contributed by atoms with Gasteiger partial charge in [-0.25, -0.2) is 4.79 Å². The molecule has 2 amide bonds. The highest BCUT2D eigenvalue weighted by molar-refractivity contribution is 7.16.